The number of nitrogens with zero attached hydrogens (tertiary/aromatic N) is 3. The minimum atomic E-state index is -0.102. The Hall–Kier alpha value is -1.89. The van der Waals surface area contributed by atoms with E-state index in [2.05, 4.69) is 32.7 Å². The molecule has 4 aliphatic rings. The van der Waals surface area contributed by atoms with Crippen LogP contribution in [0.3, 0.4) is 0 Å². The first kappa shape index (κ1) is 18.5. The van der Waals surface area contributed by atoms with Gasteiger partial charge in [0.25, 0.3) is 0 Å². The molecule has 0 aromatic heterocycles. The molecule has 2 N–H and O–H groups in total. The van der Waals surface area contributed by atoms with E-state index in [0.717, 1.165) is 25.5 Å². The predicted molar refractivity (Wildman–Crippen MR) is 104 cm³/mol. The van der Waals surface area contributed by atoms with Crippen LogP contribution in [0.4, 0.5) is 0 Å². The van der Waals surface area contributed by atoms with Gasteiger partial charge in [-0.25, -0.2) is 0 Å². The van der Waals surface area contributed by atoms with Crippen molar-refractivity contribution >= 4 is 17.8 Å². The van der Waals surface area contributed by atoms with E-state index in [0.29, 0.717) is 13.1 Å². The molecule has 4 atom stereocenters. The number of nitrogens with one attached hydrogen (secondary N) is 2. The maximum Gasteiger partial charge on any atom is 0.233 e. The number of guanidine groups is 1. The summed E-state index contributed by atoms with van der Waals surface area (Å²) in [5.41, 5.74) is 0. The number of rotatable bonds is 6. The van der Waals surface area contributed by atoms with E-state index in [1.807, 2.05) is 0 Å². The van der Waals surface area contributed by atoms with Gasteiger partial charge in [0.15, 0.2) is 5.96 Å². The number of allylic oxidation sites excluding steroid dienone is 2. The van der Waals surface area contributed by atoms with Crippen LogP contribution in [0.5, 0.6) is 0 Å². The Balaban J connectivity index is 1.20. The summed E-state index contributed by atoms with van der Waals surface area (Å²) in [6.45, 7) is 5.18. The quantitative estimate of drug-likeness (QED) is 0.306. The number of carbonyl (C=O) groups excluding carboxylic acids is 2. The van der Waals surface area contributed by atoms with Crippen LogP contribution in [0.15, 0.2) is 17.1 Å². The SMILES string of the molecule is CN=C(NCCN1CCCCC1)NCCN1C(=O)C2C3C=CC(C3)C2C1=O. The van der Waals surface area contributed by atoms with Crippen molar-refractivity contribution in [3.05, 3.63) is 12.2 Å². The topological polar surface area (TPSA) is 77.0 Å². The van der Waals surface area contributed by atoms with Crippen molar-refractivity contribution in [2.45, 2.75) is 25.7 Å². The van der Waals surface area contributed by atoms with Gasteiger partial charge < -0.3 is 15.5 Å². The van der Waals surface area contributed by atoms with Gasteiger partial charge in [-0.05, 0) is 44.2 Å². The Morgan fingerprint density at radius 3 is 2.19 bits per heavy atom. The summed E-state index contributed by atoms with van der Waals surface area (Å²) in [6.07, 6.45) is 9.18. The molecule has 2 saturated heterocycles. The second kappa shape index (κ2) is 8.00. The zero-order valence-corrected chi connectivity index (χ0v) is 16.2. The lowest BCUT2D eigenvalue weighted by atomic mass is 9.85. The van der Waals surface area contributed by atoms with Crippen LogP contribution in [-0.2, 0) is 9.59 Å². The molecule has 0 aromatic rings. The monoisotopic (exact) mass is 373 g/mol. The van der Waals surface area contributed by atoms with Crippen LogP contribution in [0.2, 0.25) is 0 Å². The van der Waals surface area contributed by atoms with Crippen LogP contribution in [0.1, 0.15) is 25.7 Å². The van der Waals surface area contributed by atoms with E-state index in [-0.39, 0.29) is 35.5 Å². The van der Waals surface area contributed by atoms with Crippen LogP contribution in [0.25, 0.3) is 0 Å². The van der Waals surface area contributed by atoms with E-state index < -0.39 is 0 Å². The largest absolute Gasteiger partial charge is 0.355 e. The summed E-state index contributed by atoms with van der Waals surface area (Å²) >= 11 is 0. The van der Waals surface area contributed by atoms with E-state index in [1.165, 1.54) is 37.3 Å². The van der Waals surface area contributed by atoms with E-state index >= 15 is 0 Å². The Labute approximate surface area is 161 Å². The van der Waals surface area contributed by atoms with Crippen molar-refractivity contribution in [2.75, 3.05) is 46.3 Å². The van der Waals surface area contributed by atoms with Crippen LogP contribution in [0, 0.1) is 23.7 Å². The molecule has 1 saturated carbocycles. The molecule has 4 unspecified atom stereocenters. The lowest BCUT2D eigenvalue weighted by Crippen LogP contribution is -2.45. The molecule has 27 heavy (non-hydrogen) atoms. The fourth-order valence-electron chi connectivity index (χ4n) is 5.21. The van der Waals surface area contributed by atoms with Crippen molar-refractivity contribution in [2.24, 2.45) is 28.7 Å². The summed E-state index contributed by atoms with van der Waals surface area (Å²) in [5.74, 6) is 1.13. The molecular formula is C20H31N5O2. The maximum atomic E-state index is 12.7. The molecule has 0 radical (unpaired) electrons. The van der Waals surface area contributed by atoms with Crippen LogP contribution in [-0.4, -0.2) is 73.9 Å². The maximum absolute atomic E-state index is 12.7. The number of fused-ring (bicyclic) bond motifs is 5. The van der Waals surface area contributed by atoms with Gasteiger partial charge >= 0.3 is 0 Å². The number of imide groups is 1. The van der Waals surface area contributed by atoms with E-state index in [1.54, 1.807) is 7.05 Å². The zero-order valence-electron chi connectivity index (χ0n) is 16.2. The highest BCUT2D eigenvalue weighted by atomic mass is 16.2. The standard InChI is InChI=1S/C20H31N5O2/c1-21-20(22-7-11-24-9-3-2-4-10-24)23-8-12-25-18(26)16-14-5-6-15(13-14)17(16)19(25)27/h5-6,14-17H,2-4,7-13H2,1H3,(H2,21,22,23). The van der Waals surface area contributed by atoms with Gasteiger partial charge in [0.2, 0.25) is 11.8 Å². The van der Waals surface area contributed by atoms with Gasteiger partial charge in [0.05, 0.1) is 11.8 Å². The van der Waals surface area contributed by atoms with Gasteiger partial charge in [0, 0.05) is 33.2 Å². The Morgan fingerprint density at radius 1 is 1.00 bits per heavy atom. The van der Waals surface area contributed by atoms with Gasteiger partial charge in [-0.1, -0.05) is 18.6 Å². The van der Waals surface area contributed by atoms with Crippen LogP contribution >= 0.6 is 0 Å². The Kier molecular flexibility index (Phi) is 5.48. The lowest BCUT2D eigenvalue weighted by molar-refractivity contribution is -0.140. The Bertz CT molecular complexity index is 610. The van der Waals surface area contributed by atoms with E-state index in [9.17, 15) is 9.59 Å². The minimum Gasteiger partial charge on any atom is -0.355 e. The third-order valence-corrected chi connectivity index (χ3v) is 6.58. The summed E-state index contributed by atoms with van der Waals surface area (Å²) in [7, 11) is 1.75. The molecule has 0 aromatic carbocycles. The van der Waals surface area contributed by atoms with Crippen LogP contribution < -0.4 is 10.6 Å². The van der Waals surface area contributed by atoms with E-state index in [4.69, 9.17) is 0 Å². The first-order valence-electron chi connectivity index (χ1n) is 10.4. The molecule has 3 fully saturated rings. The fraction of sp³-hybridized carbons (Fsp3) is 0.750. The average Bonchev–Trinajstić information content (AvgIpc) is 3.37. The second-order valence-corrected chi connectivity index (χ2v) is 8.16. The second-order valence-electron chi connectivity index (χ2n) is 8.16. The molecule has 7 heteroatoms. The third-order valence-electron chi connectivity index (χ3n) is 6.58. The third kappa shape index (κ3) is 3.61. The smallest absolute Gasteiger partial charge is 0.233 e. The van der Waals surface area contributed by atoms with Gasteiger partial charge in [-0.2, -0.15) is 0 Å². The lowest BCUT2D eigenvalue weighted by Gasteiger charge is -2.26. The molecule has 2 heterocycles. The highest BCUT2D eigenvalue weighted by Gasteiger charge is 2.58. The number of piperidine rings is 1. The molecule has 148 valence electrons. The molecule has 4 rings (SSSR count). The number of carbonyl (C=O) groups is 2. The number of hydrogen-bond donors (Lipinski definition) is 2. The molecule has 7 nitrogen and oxygen atoms in total. The summed E-state index contributed by atoms with van der Waals surface area (Å²) in [4.78, 5) is 33.5. The predicted octanol–water partition coefficient (Wildman–Crippen LogP) is 0.444. The van der Waals surface area contributed by atoms with Crippen molar-refractivity contribution in [1.82, 2.24) is 20.4 Å². The highest BCUT2D eigenvalue weighted by Crippen LogP contribution is 2.52. The summed E-state index contributed by atoms with van der Waals surface area (Å²) in [6, 6.07) is 0. The number of amides is 2. The van der Waals surface area contributed by atoms with Crippen molar-refractivity contribution in [3.8, 4) is 0 Å². The number of hydrogen-bond acceptors (Lipinski definition) is 4. The molecule has 0 spiro atoms. The normalized spacial score (nSPS) is 33.1. The van der Waals surface area contributed by atoms with Gasteiger partial charge in [-0.15, -0.1) is 0 Å². The first-order valence-corrected chi connectivity index (χ1v) is 10.4. The van der Waals surface area contributed by atoms with Gasteiger partial charge in [0.1, 0.15) is 0 Å². The molecule has 2 bridgehead atoms. The molecule has 2 aliphatic carbocycles. The zero-order chi connectivity index (χ0) is 18.8. The van der Waals surface area contributed by atoms with Crippen molar-refractivity contribution in [3.63, 3.8) is 0 Å². The summed E-state index contributed by atoms with van der Waals surface area (Å²) in [5, 5.41) is 6.56. The highest BCUT2D eigenvalue weighted by molar-refractivity contribution is 6.06. The minimum absolute atomic E-state index is 0.0247. The number of aliphatic imine (C=N–C) groups is 1. The molecule has 2 aliphatic heterocycles. The first-order chi connectivity index (χ1) is 13.2. The average molecular weight is 374 g/mol. The van der Waals surface area contributed by atoms with Crippen molar-refractivity contribution in [1.29, 1.82) is 0 Å². The molecule has 2 amide bonds. The summed E-state index contributed by atoms with van der Waals surface area (Å²) < 4.78 is 0. The van der Waals surface area contributed by atoms with Gasteiger partial charge in [-0.3, -0.25) is 19.5 Å². The number of likely N-dealkylation sites (tertiary alicyclic amines) is 2. The Morgan fingerprint density at radius 2 is 1.59 bits per heavy atom. The van der Waals surface area contributed by atoms with Crippen molar-refractivity contribution < 1.29 is 9.59 Å². The molecular weight excluding hydrogens is 342 g/mol. The fourth-order valence-corrected chi connectivity index (χ4v) is 5.21.